The van der Waals surface area contributed by atoms with Crippen LogP contribution in [0.5, 0.6) is 0 Å². The number of nitro benzene ring substituents is 1. The standard InChI is InChI=1S/C27H30F3N5O4S/c1-17-2-9-24-22(14-17)32-26(40-24)34-12-10-33(11-13-34)25(36)16-39-20-6-3-18(4-7-20)31-19-5-8-23(35(37)38)21(15-19)27(28,29)30/h2,5,8-9,14-15,18,20,31H,3-4,6-7,10-13,16H2,1H3. The van der Waals surface area contributed by atoms with E-state index in [-0.39, 0.29) is 30.3 Å². The van der Waals surface area contributed by atoms with Crippen LogP contribution in [0.4, 0.5) is 29.7 Å². The fraction of sp³-hybridized carbons (Fsp3) is 0.481. The van der Waals surface area contributed by atoms with Gasteiger partial charge in [-0.15, -0.1) is 0 Å². The number of aryl methyl sites for hydroxylation is 1. The fourth-order valence-corrected chi connectivity index (χ4v) is 6.21. The Morgan fingerprint density at radius 2 is 1.85 bits per heavy atom. The number of carbonyl (C=O) groups excluding carboxylic acids is 1. The number of hydrogen-bond acceptors (Lipinski definition) is 8. The van der Waals surface area contributed by atoms with Gasteiger partial charge in [0.2, 0.25) is 5.91 Å². The molecule has 1 aliphatic heterocycles. The van der Waals surface area contributed by atoms with Crippen LogP contribution in [0.25, 0.3) is 10.2 Å². The number of rotatable bonds is 7. The fourth-order valence-electron chi connectivity index (χ4n) is 5.21. The van der Waals surface area contributed by atoms with Gasteiger partial charge < -0.3 is 19.9 Å². The zero-order valence-electron chi connectivity index (χ0n) is 21.9. The molecule has 1 saturated heterocycles. The van der Waals surface area contributed by atoms with Crippen molar-refractivity contribution in [3.63, 3.8) is 0 Å². The summed E-state index contributed by atoms with van der Waals surface area (Å²) < 4.78 is 46.9. The van der Waals surface area contributed by atoms with Crippen LogP contribution in [0.2, 0.25) is 0 Å². The van der Waals surface area contributed by atoms with Crippen LogP contribution in [0.1, 0.15) is 36.8 Å². The van der Waals surface area contributed by atoms with Crippen LogP contribution in [0, 0.1) is 17.0 Å². The summed E-state index contributed by atoms with van der Waals surface area (Å²) in [7, 11) is 0. The molecule has 2 heterocycles. The molecule has 0 atom stereocenters. The van der Waals surface area contributed by atoms with Gasteiger partial charge in [0.15, 0.2) is 5.13 Å². The average molecular weight is 578 g/mol. The number of alkyl halides is 3. The van der Waals surface area contributed by atoms with Crippen molar-refractivity contribution in [3.05, 3.63) is 57.6 Å². The third kappa shape index (κ3) is 6.47. The quantitative estimate of drug-likeness (QED) is 0.287. The number of halogens is 3. The first-order valence-corrected chi connectivity index (χ1v) is 14.0. The van der Waals surface area contributed by atoms with Gasteiger partial charge in [-0.3, -0.25) is 14.9 Å². The zero-order valence-corrected chi connectivity index (χ0v) is 22.8. The SMILES string of the molecule is Cc1ccc2sc(N3CCN(C(=O)COC4CCC(Nc5ccc([N+](=O)[O-])c(C(F)(F)F)c5)CC4)CC3)nc2c1. The molecule has 214 valence electrons. The number of amides is 1. The summed E-state index contributed by atoms with van der Waals surface area (Å²) in [6.45, 7) is 4.66. The van der Waals surface area contributed by atoms with Crippen LogP contribution >= 0.6 is 11.3 Å². The predicted octanol–water partition coefficient (Wildman–Crippen LogP) is 5.62. The van der Waals surface area contributed by atoms with Crippen molar-refractivity contribution < 1.29 is 27.6 Å². The third-order valence-corrected chi connectivity index (χ3v) is 8.52. The minimum atomic E-state index is -4.82. The Bertz CT molecular complexity index is 1380. The van der Waals surface area contributed by atoms with E-state index in [9.17, 15) is 28.1 Å². The molecule has 2 fully saturated rings. The maximum atomic E-state index is 13.3. The van der Waals surface area contributed by atoms with Crippen molar-refractivity contribution in [2.75, 3.05) is 43.0 Å². The van der Waals surface area contributed by atoms with E-state index in [1.54, 1.807) is 11.3 Å². The normalized spacial score (nSPS) is 20.1. The lowest BCUT2D eigenvalue weighted by atomic mass is 9.92. The molecule has 13 heteroatoms. The number of ether oxygens (including phenoxy) is 1. The van der Waals surface area contributed by atoms with Crippen molar-refractivity contribution in [3.8, 4) is 0 Å². The summed E-state index contributed by atoms with van der Waals surface area (Å²) in [5.41, 5.74) is 0.129. The first-order chi connectivity index (χ1) is 19.1. The number of nitrogens with one attached hydrogen (secondary N) is 1. The zero-order chi connectivity index (χ0) is 28.4. The van der Waals surface area contributed by atoms with Crippen LogP contribution in [-0.2, 0) is 15.7 Å². The average Bonchev–Trinajstić information content (AvgIpc) is 3.35. The van der Waals surface area contributed by atoms with E-state index in [0.29, 0.717) is 51.9 Å². The van der Waals surface area contributed by atoms with Gasteiger partial charge in [-0.2, -0.15) is 13.2 Å². The number of carbonyl (C=O) groups is 1. The lowest BCUT2D eigenvalue weighted by Crippen LogP contribution is -2.50. The summed E-state index contributed by atoms with van der Waals surface area (Å²) in [5, 5.41) is 15.0. The largest absolute Gasteiger partial charge is 0.423 e. The Labute approximate surface area is 233 Å². The first-order valence-electron chi connectivity index (χ1n) is 13.2. The highest BCUT2D eigenvalue weighted by atomic mass is 32.1. The van der Waals surface area contributed by atoms with E-state index < -0.39 is 22.4 Å². The monoisotopic (exact) mass is 577 g/mol. The Hall–Kier alpha value is -3.45. The van der Waals surface area contributed by atoms with Gasteiger partial charge in [0.25, 0.3) is 5.69 Å². The van der Waals surface area contributed by atoms with Crippen molar-refractivity contribution in [2.24, 2.45) is 0 Å². The number of thiazole rings is 1. The molecule has 2 aliphatic rings. The molecule has 2 aromatic carbocycles. The predicted molar refractivity (Wildman–Crippen MR) is 147 cm³/mol. The summed E-state index contributed by atoms with van der Waals surface area (Å²) in [5.74, 6) is -0.0506. The van der Waals surface area contributed by atoms with E-state index >= 15 is 0 Å². The highest BCUT2D eigenvalue weighted by molar-refractivity contribution is 7.22. The van der Waals surface area contributed by atoms with Gasteiger partial charge in [0.05, 0.1) is 21.2 Å². The maximum absolute atomic E-state index is 13.3. The van der Waals surface area contributed by atoms with Gasteiger partial charge in [-0.05, 0) is 62.4 Å². The number of nitro groups is 1. The number of aromatic nitrogens is 1. The second-order valence-electron chi connectivity index (χ2n) is 10.3. The molecule has 0 unspecified atom stereocenters. The summed E-state index contributed by atoms with van der Waals surface area (Å²) >= 11 is 1.66. The van der Waals surface area contributed by atoms with Crippen molar-refractivity contribution in [1.82, 2.24) is 9.88 Å². The Kier molecular flexibility index (Phi) is 8.13. The Morgan fingerprint density at radius 1 is 1.12 bits per heavy atom. The summed E-state index contributed by atoms with van der Waals surface area (Å²) in [4.78, 5) is 31.5. The van der Waals surface area contributed by atoms with Crippen LogP contribution < -0.4 is 10.2 Å². The molecular formula is C27H30F3N5O4S. The van der Waals surface area contributed by atoms with Crippen LogP contribution in [0.3, 0.4) is 0 Å². The maximum Gasteiger partial charge on any atom is 0.423 e. The van der Waals surface area contributed by atoms with Gasteiger partial charge in [0.1, 0.15) is 12.2 Å². The van der Waals surface area contributed by atoms with Crippen molar-refractivity contribution >= 4 is 44.0 Å². The number of fused-ring (bicyclic) bond motifs is 1. The van der Waals surface area contributed by atoms with Gasteiger partial charge in [0, 0.05) is 44.0 Å². The summed E-state index contributed by atoms with van der Waals surface area (Å²) in [6.07, 6.45) is -2.30. The lowest BCUT2D eigenvalue weighted by molar-refractivity contribution is -0.388. The van der Waals surface area contributed by atoms with E-state index in [1.165, 1.54) is 11.6 Å². The molecule has 1 aromatic heterocycles. The van der Waals surface area contributed by atoms with Gasteiger partial charge in [-0.1, -0.05) is 17.4 Å². The highest BCUT2D eigenvalue weighted by Crippen LogP contribution is 2.38. The number of benzene rings is 2. The molecule has 1 aliphatic carbocycles. The minimum Gasteiger partial charge on any atom is -0.382 e. The Balaban J connectivity index is 1.05. The third-order valence-electron chi connectivity index (χ3n) is 7.42. The molecule has 0 radical (unpaired) electrons. The van der Waals surface area contributed by atoms with E-state index in [0.717, 1.165) is 27.5 Å². The molecule has 1 amide bonds. The molecule has 0 bridgehead atoms. The number of hydrogen-bond donors (Lipinski definition) is 1. The van der Waals surface area contributed by atoms with Crippen molar-refractivity contribution in [1.29, 1.82) is 0 Å². The Morgan fingerprint density at radius 3 is 2.52 bits per heavy atom. The molecule has 3 aromatic rings. The number of nitrogens with zero attached hydrogens (tertiary/aromatic N) is 4. The topological polar surface area (TPSA) is 101 Å². The van der Waals surface area contributed by atoms with E-state index in [1.807, 2.05) is 11.8 Å². The molecule has 1 N–H and O–H groups in total. The summed E-state index contributed by atoms with van der Waals surface area (Å²) in [6, 6.07) is 9.13. The lowest BCUT2D eigenvalue weighted by Gasteiger charge is -2.35. The molecule has 40 heavy (non-hydrogen) atoms. The smallest absolute Gasteiger partial charge is 0.382 e. The van der Waals surface area contributed by atoms with E-state index in [2.05, 4.69) is 28.4 Å². The highest BCUT2D eigenvalue weighted by Gasteiger charge is 2.38. The van der Waals surface area contributed by atoms with Crippen LogP contribution in [0.15, 0.2) is 36.4 Å². The molecule has 0 spiro atoms. The number of anilines is 2. The van der Waals surface area contributed by atoms with Gasteiger partial charge >= 0.3 is 6.18 Å². The molecule has 1 saturated carbocycles. The minimum absolute atomic E-state index is 0.000468. The van der Waals surface area contributed by atoms with Gasteiger partial charge in [-0.25, -0.2) is 4.98 Å². The second kappa shape index (κ2) is 11.6. The van der Waals surface area contributed by atoms with Crippen LogP contribution in [-0.4, -0.2) is 65.6 Å². The molecule has 9 nitrogen and oxygen atoms in total. The first kappa shape index (κ1) is 28.1. The van der Waals surface area contributed by atoms with Crippen molar-refractivity contribution in [2.45, 2.75) is 50.9 Å². The number of piperazine rings is 1. The molecule has 5 rings (SSSR count). The van der Waals surface area contributed by atoms with E-state index in [4.69, 9.17) is 9.72 Å². The second-order valence-corrected chi connectivity index (χ2v) is 11.3. The molecular weight excluding hydrogens is 547 g/mol.